The Hall–Kier alpha value is -3.61. The number of anilines is 1. The molecule has 0 saturated carbocycles. The van der Waals surface area contributed by atoms with Gasteiger partial charge < -0.3 is 19.4 Å². The fourth-order valence-corrected chi connectivity index (χ4v) is 3.43. The molecule has 0 unspecified atom stereocenters. The molecule has 4 rings (SSSR count). The number of amides is 2. The van der Waals surface area contributed by atoms with Gasteiger partial charge in [0, 0.05) is 24.0 Å². The molecule has 148 valence electrons. The van der Waals surface area contributed by atoms with E-state index in [2.05, 4.69) is 5.32 Å². The van der Waals surface area contributed by atoms with Crippen LogP contribution in [0.3, 0.4) is 0 Å². The van der Waals surface area contributed by atoms with Gasteiger partial charge in [-0.25, -0.2) is 4.79 Å². The van der Waals surface area contributed by atoms with Crippen LogP contribution in [0.4, 0.5) is 5.69 Å². The lowest BCUT2D eigenvalue weighted by atomic mass is 10.1. The lowest BCUT2D eigenvalue weighted by Gasteiger charge is -2.17. The lowest BCUT2D eigenvalue weighted by Crippen LogP contribution is -2.39. The maximum absolute atomic E-state index is 12.6. The molecule has 0 spiro atoms. The van der Waals surface area contributed by atoms with Crippen molar-refractivity contribution < 1.29 is 18.7 Å². The largest absolute Gasteiger partial charge is 0.494 e. The van der Waals surface area contributed by atoms with Crippen LogP contribution in [-0.2, 0) is 4.79 Å². The van der Waals surface area contributed by atoms with E-state index in [0.29, 0.717) is 24.1 Å². The van der Waals surface area contributed by atoms with Crippen molar-refractivity contribution in [3.8, 4) is 5.75 Å². The van der Waals surface area contributed by atoms with E-state index in [4.69, 9.17) is 9.15 Å². The summed E-state index contributed by atoms with van der Waals surface area (Å²) in [4.78, 5) is 38.8. The first-order valence-electron chi connectivity index (χ1n) is 9.42. The molecule has 0 radical (unpaired) electrons. The minimum atomic E-state index is -0.700. The minimum absolute atomic E-state index is 0.0735. The fraction of sp³-hybridized carbons (Fsp3) is 0.227. The third-order valence-electron chi connectivity index (χ3n) is 4.81. The molecule has 2 aromatic carbocycles. The molecule has 7 heteroatoms. The molecule has 1 aliphatic heterocycles. The number of hydrogen-bond donors (Lipinski definition) is 1. The molecule has 0 bridgehead atoms. The molecule has 3 aromatic rings. The highest BCUT2D eigenvalue weighted by atomic mass is 16.5. The van der Waals surface area contributed by atoms with E-state index in [1.807, 2.05) is 19.1 Å². The Morgan fingerprint density at radius 1 is 1.17 bits per heavy atom. The standard InChI is InChI=1S/C22H20N2O5/c1-2-28-17-9-7-16(8-10-17)24-13-15(12-20(24)25)23-21(26)18-11-14-5-3-4-6-19(14)29-22(18)27/h3-11,15H,2,12-13H2,1H3,(H,23,26)/t15-/m0/s1. The Kier molecular flexibility index (Phi) is 5.03. The van der Waals surface area contributed by atoms with Gasteiger partial charge in [-0.1, -0.05) is 18.2 Å². The topological polar surface area (TPSA) is 88.8 Å². The van der Waals surface area contributed by atoms with E-state index in [0.717, 1.165) is 11.4 Å². The van der Waals surface area contributed by atoms with Gasteiger partial charge in [0.2, 0.25) is 5.91 Å². The predicted molar refractivity (Wildman–Crippen MR) is 108 cm³/mol. The first-order chi connectivity index (χ1) is 14.0. The summed E-state index contributed by atoms with van der Waals surface area (Å²) < 4.78 is 10.6. The smallest absolute Gasteiger partial charge is 0.349 e. The third-order valence-corrected chi connectivity index (χ3v) is 4.81. The number of ether oxygens (including phenoxy) is 1. The van der Waals surface area contributed by atoms with Gasteiger partial charge in [-0.15, -0.1) is 0 Å². The molecule has 0 aliphatic carbocycles. The zero-order chi connectivity index (χ0) is 20.4. The predicted octanol–water partition coefficient (Wildman–Crippen LogP) is 2.73. The second-order valence-electron chi connectivity index (χ2n) is 6.79. The van der Waals surface area contributed by atoms with Crippen molar-refractivity contribution in [1.29, 1.82) is 0 Å². The van der Waals surface area contributed by atoms with Gasteiger partial charge in [0.05, 0.1) is 12.6 Å². The van der Waals surface area contributed by atoms with Gasteiger partial charge in [0.25, 0.3) is 5.91 Å². The number of fused-ring (bicyclic) bond motifs is 1. The third kappa shape index (κ3) is 3.85. The summed E-state index contributed by atoms with van der Waals surface area (Å²) in [6.07, 6.45) is 0.165. The Morgan fingerprint density at radius 3 is 2.69 bits per heavy atom. The van der Waals surface area contributed by atoms with Gasteiger partial charge in [-0.2, -0.15) is 0 Å². The second-order valence-corrected chi connectivity index (χ2v) is 6.79. The van der Waals surface area contributed by atoms with Crippen LogP contribution >= 0.6 is 0 Å². The van der Waals surface area contributed by atoms with E-state index in [9.17, 15) is 14.4 Å². The highest BCUT2D eigenvalue weighted by Crippen LogP contribution is 2.24. The van der Waals surface area contributed by atoms with E-state index in [1.54, 1.807) is 41.3 Å². The average Bonchev–Trinajstić information content (AvgIpc) is 3.08. The minimum Gasteiger partial charge on any atom is -0.494 e. The SMILES string of the molecule is CCOc1ccc(N2C[C@@H](NC(=O)c3cc4ccccc4oc3=O)CC2=O)cc1. The van der Waals surface area contributed by atoms with Crippen LogP contribution in [0.2, 0.25) is 0 Å². The van der Waals surface area contributed by atoms with Crippen molar-refractivity contribution in [2.24, 2.45) is 0 Å². The van der Waals surface area contributed by atoms with Crippen molar-refractivity contribution >= 4 is 28.5 Å². The monoisotopic (exact) mass is 392 g/mol. The maximum Gasteiger partial charge on any atom is 0.349 e. The zero-order valence-electron chi connectivity index (χ0n) is 15.9. The average molecular weight is 392 g/mol. The number of rotatable bonds is 5. The molecule has 2 heterocycles. The Balaban J connectivity index is 1.48. The Labute approximate surface area is 166 Å². The zero-order valence-corrected chi connectivity index (χ0v) is 15.9. The van der Waals surface area contributed by atoms with E-state index >= 15 is 0 Å². The number of benzene rings is 2. The Bertz CT molecular complexity index is 1120. The van der Waals surface area contributed by atoms with Gasteiger partial charge >= 0.3 is 5.63 Å². The highest BCUT2D eigenvalue weighted by molar-refractivity contribution is 5.99. The van der Waals surface area contributed by atoms with E-state index in [1.165, 1.54) is 6.07 Å². The summed E-state index contributed by atoms with van der Waals surface area (Å²) in [5.74, 6) is 0.0941. The van der Waals surface area contributed by atoms with Crippen LogP contribution in [-0.4, -0.2) is 31.0 Å². The van der Waals surface area contributed by atoms with Crippen molar-refractivity contribution in [3.63, 3.8) is 0 Å². The first-order valence-corrected chi connectivity index (χ1v) is 9.42. The Morgan fingerprint density at radius 2 is 1.93 bits per heavy atom. The molecular formula is C22H20N2O5. The van der Waals surface area contributed by atoms with Crippen molar-refractivity contribution in [2.45, 2.75) is 19.4 Å². The van der Waals surface area contributed by atoms with Crippen molar-refractivity contribution in [3.05, 3.63) is 70.6 Å². The first kappa shape index (κ1) is 18.7. The summed E-state index contributed by atoms with van der Waals surface area (Å²) in [6, 6.07) is 15.3. The summed E-state index contributed by atoms with van der Waals surface area (Å²) in [5, 5.41) is 3.44. The second kappa shape index (κ2) is 7.79. The number of hydrogen-bond acceptors (Lipinski definition) is 5. The molecule has 1 atom stereocenters. The normalized spacial score (nSPS) is 16.2. The maximum atomic E-state index is 12.6. The number of nitrogens with zero attached hydrogens (tertiary/aromatic N) is 1. The molecule has 29 heavy (non-hydrogen) atoms. The van der Waals surface area contributed by atoms with Crippen LogP contribution in [0, 0.1) is 0 Å². The van der Waals surface area contributed by atoms with Crippen LogP contribution in [0.1, 0.15) is 23.7 Å². The molecular weight excluding hydrogens is 372 g/mol. The molecule has 1 saturated heterocycles. The molecule has 1 aromatic heterocycles. The number of nitrogens with one attached hydrogen (secondary N) is 1. The summed E-state index contributed by atoms with van der Waals surface area (Å²) in [7, 11) is 0. The molecule has 1 N–H and O–H groups in total. The number of para-hydroxylation sites is 1. The molecule has 1 fully saturated rings. The fourth-order valence-electron chi connectivity index (χ4n) is 3.43. The lowest BCUT2D eigenvalue weighted by molar-refractivity contribution is -0.117. The summed E-state index contributed by atoms with van der Waals surface area (Å²) in [5.41, 5.74) is 0.386. The number of carbonyl (C=O) groups is 2. The van der Waals surface area contributed by atoms with Crippen LogP contribution in [0.15, 0.2) is 63.8 Å². The highest BCUT2D eigenvalue weighted by Gasteiger charge is 2.32. The molecule has 7 nitrogen and oxygen atoms in total. The summed E-state index contributed by atoms with van der Waals surface area (Å²) in [6.45, 7) is 2.80. The molecule has 1 aliphatic rings. The van der Waals surface area contributed by atoms with Gasteiger partial charge in [-0.3, -0.25) is 9.59 Å². The quantitative estimate of drug-likeness (QED) is 0.675. The number of carbonyl (C=O) groups excluding carboxylic acids is 2. The van der Waals surface area contributed by atoms with Gasteiger partial charge in [0.1, 0.15) is 16.9 Å². The van der Waals surface area contributed by atoms with Crippen LogP contribution in [0.25, 0.3) is 11.0 Å². The van der Waals surface area contributed by atoms with Crippen LogP contribution in [0.5, 0.6) is 5.75 Å². The van der Waals surface area contributed by atoms with Gasteiger partial charge in [-0.05, 0) is 43.3 Å². The van der Waals surface area contributed by atoms with Crippen molar-refractivity contribution in [2.75, 3.05) is 18.1 Å². The molecule has 2 amide bonds. The van der Waals surface area contributed by atoms with Gasteiger partial charge in [0.15, 0.2) is 0 Å². The summed E-state index contributed by atoms with van der Waals surface area (Å²) >= 11 is 0. The van der Waals surface area contributed by atoms with Crippen LogP contribution < -0.4 is 20.6 Å². The van der Waals surface area contributed by atoms with E-state index < -0.39 is 17.6 Å². The van der Waals surface area contributed by atoms with Crippen molar-refractivity contribution in [1.82, 2.24) is 5.32 Å². The van der Waals surface area contributed by atoms with E-state index in [-0.39, 0.29) is 17.9 Å².